The Morgan fingerprint density at radius 1 is 1.29 bits per heavy atom. The predicted molar refractivity (Wildman–Crippen MR) is 64.7 cm³/mol. The highest BCUT2D eigenvalue weighted by Gasteiger charge is 2.24. The normalized spacial score (nSPS) is 24.6. The Hall–Kier alpha value is -1.18. The third-order valence-electron chi connectivity index (χ3n) is 3.71. The van der Waals surface area contributed by atoms with E-state index in [1.54, 1.807) is 6.07 Å². The molecule has 0 spiro atoms. The third-order valence-corrected chi connectivity index (χ3v) is 3.71. The largest absolute Gasteiger partial charge is 0.203 e. The Morgan fingerprint density at radius 3 is 2.65 bits per heavy atom. The number of allylic oxidation sites excluding steroid dienone is 1. The topological polar surface area (TPSA) is 0 Å². The molecule has 1 fully saturated rings. The maximum absolute atomic E-state index is 13.6. The standard InChI is InChI=1S/C15H17F2/c1-2-4-11-7-9-12(10-8-11)13-5-3-6-14(16)15(13)17/h2-3,5,11-12H,1,4,7-10H2. The molecule has 0 atom stereocenters. The first-order valence-electron chi connectivity index (χ1n) is 6.19. The second-order valence-corrected chi connectivity index (χ2v) is 4.80. The van der Waals surface area contributed by atoms with E-state index in [0.717, 1.165) is 32.1 Å². The van der Waals surface area contributed by atoms with Crippen molar-refractivity contribution in [1.82, 2.24) is 0 Å². The van der Waals surface area contributed by atoms with Crippen LogP contribution in [-0.2, 0) is 0 Å². The minimum absolute atomic E-state index is 0.167. The highest BCUT2D eigenvalue weighted by Crippen LogP contribution is 2.38. The van der Waals surface area contributed by atoms with Gasteiger partial charge in [0.2, 0.25) is 0 Å². The second-order valence-electron chi connectivity index (χ2n) is 4.80. The van der Waals surface area contributed by atoms with E-state index < -0.39 is 11.6 Å². The zero-order chi connectivity index (χ0) is 12.3. The van der Waals surface area contributed by atoms with Crippen molar-refractivity contribution < 1.29 is 8.78 Å². The van der Waals surface area contributed by atoms with Gasteiger partial charge in [-0.3, -0.25) is 0 Å². The van der Waals surface area contributed by atoms with Crippen LogP contribution in [-0.4, -0.2) is 0 Å². The van der Waals surface area contributed by atoms with Crippen LogP contribution in [0.15, 0.2) is 24.8 Å². The van der Waals surface area contributed by atoms with Gasteiger partial charge in [0, 0.05) is 6.07 Å². The molecule has 0 bridgehead atoms. The van der Waals surface area contributed by atoms with Crippen LogP contribution in [0.2, 0.25) is 0 Å². The number of hydrogen-bond donors (Lipinski definition) is 0. The summed E-state index contributed by atoms with van der Waals surface area (Å²) >= 11 is 0. The van der Waals surface area contributed by atoms with Crippen LogP contribution >= 0.6 is 0 Å². The molecule has 0 amide bonds. The van der Waals surface area contributed by atoms with E-state index in [0.29, 0.717) is 11.5 Å². The zero-order valence-electron chi connectivity index (χ0n) is 9.89. The molecule has 1 aromatic rings. The lowest BCUT2D eigenvalue weighted by Gasteiger charge is -2.28. The first-order chi connectivity index (χ1) is 8.22. The van der Waals surface area contributed by atoms with E-state index in [9.17, 15) is 8.78 Å². The Morgan fingerprint density at radius 2 is 2.00 bits per heavy atom. The Balaban J connectivity index is 2.05. The van der Waals surface area contributed by atoms with Crippen molar-refractivity contribution in [1.29, 1.82) is 0 Å². The lowest BCUT2D eigenvalue weighted by molar-refractivity contribution is 0.321. The highest BCUT2D eigenvalue weighted by atomic mass is 19.2. The Labute approximate surface area is 101 Å². The first kappa shape index (κ1) is 12.3. The van der Waals surface area contributed by atoms with Gasteiger partial charge in [-0.05, 0) is 49.5 Å². The van der Waals surface area contributed by atoms with Crippen molar-refractivity contribution in [3.63, 3.8) is 0 Å². The average molecular weight is 235 g/mol. The molecule has 2 heteroatoms. The molecule has 0 unspecified atom stereocenters. The SMILES string of the molecule is C=CCC1CCC(c2cc[c]c(F)c2F)CC1. The summed E-state index contributed by atoms with van der Waals surface area (Å²) in [6.45, 7) is 3.74. The highest BCUT2D eigenvalue weighted by molar-refractivity contribution is 5.22. The minimum Gasteiger partial charge on any atom is -0.203 e. The van der Waals surface area contributed by atoms with Crippen LogP contribution in [0.4, 0.5) is 8.78 Å². The van der Waals surface area contributed by atoms with E-state index in [1.807, 2.05) is 6.08 Å². The van der Waals surface area contributed by atoms with Crippen molar-refractivity contribution in [3.05, 3.63) is 48.1 Å². The molecule has 0 heterocycles. The van der Waals surface area contributed by atoms with Crippen molar-refractivity contribution in [2.45, 2.75) is 38.0 Å². The van der Waals surface area contributed by atoms with Gasteiger partial charge >= 0.3 is 0 Å². The fourth-order valence-corrected chi connectivity index (χ4v) is 2.73. The molecule has 1 aromatic carbocycles. The van der Waals surface area contributed by atoms with Crippen molar-refractivity contribution in [2.24, 2.45) is 5.92 Å². The van der Waals surface area contributed by atoms with Gasteiger partial charge in [-0.15, -0.1) is 6.58 Å². The fraction of sp³-hybridized carbons (Fsp3) is 0.467. The predicted octanol–water partition coefficient (Wildman–Crippen LogP) is 4.61. The van der Waals surface area contributed by atoms with Crippen LogP contribution in [0.3, 0.4) is 0 Å². The van der Waals surface area contributed by atoms with Gasteiger partial charge in [-0.25, -0.2) is 8.78 Å². The molecule has 0 aromatic heterocycles. The van der Waals surface area contributed by atoms with Crippen LogP contribution in [0.1, 0.15) is 43.6 Å². The number of benzene rings is 1. The molecule has 2 rings (SSSR count). The molecule has 1 radical (unpaired) electrons. The second kappa shape index (κ2) is 5.44. The number of hydrogen-bond acceptors (Lipinski definition) is 0. The van der Waals surface area contributed by atoms with E-state index in [4.69, 9.17) is 0 Å². The van der Waals surface area contributed by atoms with Gasteiger partial charge in [-0.2, -0.15) is 0 Å². The fourth-order valence-electron chi connectivity index (χ4n) is 2.73. The lowest BCUT2D eigenvalue weighted by Crippen LogP contribution is -2.14. The lowest BCUT2D eigenvalue weighted by atomic mass is 9.77. The van der Waals surface area contributed by atoms with E-state index in [1.165, 1.54) is 6.07 Å². The maximum atomic E-state index is 13.6. The molecule has 1 aliphatic rings. The molecule has 17 heavy (non-hydrogen) atoms. The monoisotopic (exact) mass is 235 g/mol. The number of rotatable bonds is 3. The molecule has 1 saturated carbocycles. The summed E-state index contributed by atoms with van der Waals surface area (Å²) in [7, 11) is 0. The summed E-state index contributed by atoms with van der Waals surface area (Å²) in [5.74, 6) is -0.720. The molecule has 0 aliphatic heterocycles. The van der Waals surface area contributed by atoms with Gasteiger partial charge < -0.3 is 0 Å². The van der Waals surface area contributed by atoms with Crippen LogP contribution in [0.5, 0.6) is 0 Å². The summed E-state index contributed by atoms with van der Waals surface area (Å²) in [6, 6.07) is 5.39. The van der Waals surface area contributed by atoms with Crippen molar-refractivity contribution >= 4 is 0 Å². The molecule has 0 saturated heterocycles. The summed E-state index contributed by atoms with van der Waals surface area (Å²) in [4.78, 5) is 0. The summed E-state index contributed by atoms with van der Waals surface area (Å²) in [5, 5.41) is 0. The molecule has 1 aliphatic carbocycles. The van der Waals surface area contributed by atoms with Gasteiger partial charge in [0.05, 0.1) is 0 Å². The summed E-state index contributed by atoms with van der Waals surface area (Å²) in [5.41, 5.74) is 0.526. The average Bonchev–Trinajstić information content (AvgIpc) is 2.34. The molecule has 91 valence electrons. The Bertz CT molecular complexity index is 390. The number of halogens is 2. The van der Waals surface area contributed by atoms with Crippen LogP contribution in [0, 0.1) is 23.6 Å². The quantitative estimate of drug-likeness (QED) is 0.671. The molecule has 0 N–H and O–H groups in total. The summed E-state index contributed by atoms with van der Waals surface area (Å²) in [6.07, 6.45) is 7.03. The van der Waals surface area contributed by atoms with Crippen LogP contribution in [0.25, 0.3) is 0 Å². The van der Waals surface area contributed by atoms with Crippen LogP contribution < -0.4 is 0 Å². The molecule has 0 nitrogen and oxygen atoms in total. The molecular formula is C15H17F2. The van der Waals surface area contributed by atoms with E-state index in [2.05, 4.69) is 12.6 Å². The van der Waals surface area contributed by atoms with Crippen molar-refractivity contribution in [3.8, 4) is 0 Å². The minimum atomic E-state index is -0.851. The van der Waals surface area contributed by atoms with Gasteiger partial charge in [0.25, 0.3) is 0 Å². The maximum Gasteiger partial charge on any atom is 0.167 e. The van der Waals surface area contributed by atoms with Crippen molar-refractivity contribution in [2.75, 3.05) is 0 Å². The smallest absolute Gasteiger partial charge is 0.167 e. The van der Waals surface area contributed by atoms with E-state index >= 15 is 0 Å². The summed E-state index contributed by atoms with van der Waals surface area (Å²) < 4.78 is 26.7. The van der Waals surface area contributed by atoms with Gasteiger partial charge in [0.1, 0.15) is 0 Å². The van der Waals surface area contributed by atoms with E-state index in [-0.39, 0.29) is 5.92 Å². The third kappa shape index (κ3) is 2.74. The van der Waals surface area contributed by atoms with Gasteiger partial charge in [0.15, 0.2) is 11.6 Å². The molecular weight excluding hydrogens is 218 g/mol. The zero-order valence-corrected chi connectivity index (χ0v) is 9.89. The van der Waals surface area contributed by atoms with Gasteiger partial charge in [-0.1, -0.05) is 18.2 Å². The Kier molecular flexibility index (Phi) is 3.93. The first-order valence-corrected chi connectivity index (χ1v) is 6.19.